The zero-order valence-electron chi connectivity index (χ0n) is 11.8. The molecule has 0 aromatic rings. The lowest BCUT2D eigenvalue weighted by Crippen LogP contribution is -2.65. The van der Waals surface area contributed by atoms with E-state index in [9.17, 15) is 9.59 Å². The summed E-state index contributed by atoms with van der Waals surface area (Å²) in [6.07, 6.45) is 0.902. The molecule has 0 spiro atoms. The van der Waals surface area contributed by atoms with E-state index in [1.165, 1.54) is 0 Å². The molecule has 0 bridgehead atoms. The molecule has 1 saturated heterocycles. The van der Waals surface area contributed by atoms with Crippen LogP contribution in [0.3, 0.4) is 0 Å². The van der Waals surface area contributed by atoms with Crippen LogP contribution in [0.5, 0.6) is 0 Å². The van der Waals surface area contributed by atoms with Gasteiger partial charge in [0.05, 0.1) is 13.1 Å². The zero-order valence-corrected chi connectivity index (χ0v) is 11.8. The highest BCUT2D eigenvalue weighted by Crippen LogP contribution is 2.24. The summed E-state index contributed by atoms with van der Waals surface area (Å²) in [5, 5.41) is 11.4. The summed E-state index contributed by atoms with van der Waals surface area (Å²) in [4.78, 5) is 25.8. The van der Waals surface area contributed by atoms with Gasteiger partial charge in [-0.1, -0.05) is 0 Å². The number of carboxylic acids is 1. The fourth-order valence-corrected chi connectivity index (χ4v) is 1.93. The summed E-state index contributed by atoms with van der Waals surface area (Å²) in [6.45, 7) is 3.92. The number of nitrogens with zero attached hydrogens (tertiary/aromatic N) is 2. The smallest absolute Gasteiger partial charge is 0.329 e. The van der Waals surface area contributed by atoms with Gasteiger partial charge in [-0.2, -0.15) is 0 Å². The lowest BCUT2D eigenvalue weighted by Gasteiger charge is -2.46. The highest BCUT2D eigenvalue weighted by molar-refractivity contribution is 5.75. The van der Waals surface area contributed by atoms with Crippen LogP contribution in [0.4, 0.5) is 4.79 Å². The first kappa shape index (κ1) is 15.7. The Morgan fingerprint density at radius 1 is 1.42 bits per heavy atom. The van der Waals surface area contributed by atoms with Gasteiger partial charge in [-0.25, -0.2) is 9.59 Å². The Bertz CT molecular complexity index is 327. The number of aliphatic carboxylic acids is 1. The number of amides is 2. The number of carbonyl (C=O) groups is 2. The molecule has 1 heterocycles. The second-order valence-corrected chi connectivity index (χ2v) is 5.38. The van der Waals surface area contributed by atoms with Crippen molar-refractivity contribution in [2.24, 2.45) is 0 Å². The van der Waals surface area contributed by atoms with Crippen molar-refractivity contribution in [2.75, 3.05) is 46.9 Å². The Labute approximate surface area is 113 Å². The van der Waals surface area contributed by atoms with E-state index in [4.69, 9.17) is 9.84 Å². The Hall–Kier alpha value is -1.34. The standard InChI is InChI=1S/C12H23N3O4/c1-12(19-7-10(16)17)8-15(9-12)11(18)13-5-4-6-14(2)3/h4-9H2,1-3H3,(H,13,18)(H,16,17). The minimum absolute atomic E-state index is 0.116. The molecule has 1 fully saturated rings. The van der Waals surface area contributed by atoms with Gasteiger partial charge >= 0.3 is 12.0 Å². The molecule has 2 N–H and O–H groups in total. The third-order valence-corrected chi connectivity index (χ3v) is 2.94. The molecule has 7 heteroatoms. The topological polar surface area (TPSA) is 82.1 Å². The van der Waals surface area contributed by atoms with Crippen molar-refractivity contribution in [1.82, 2.24) is 15.1 Å². The maximum Gasteiger partial charge on any atom is 0.329 e. The Balaban J connectivity index is 2.15. The predicted octanol–water partition coefficient (Wildman–Crippen LogP) is -0.177. The number of carboxylic acid groups (broad SMARTS) is 1. The van der Waals surface area contributed by atoms with E-state index in [1.54, 1.807) is 4.90 Å². The van der Waals surface area contributed by atoms with E-state index in [-0.39, 0.29) is 12.6 Å². The van der Waals surface area contributed by atoms with E-state index in [0.29, 0.717) is 19.6 Å². The number of urea groups is 1. The molecule has 0 aromatic heterocycles. The lowest BCUT2D eigenvalue weighted by atomic mass is 9.97. The summed E-state index contributed by atoms with van der Waals surface area (Å²) in [5.41, 5.74) is -0.528. The van der Waals surface area contributed by atoms with Crippen molar-refractivity contribution < 1.29 is 19.4 Å². The molecule has 7 nitrogen and oxygen atoms in total. The van der Waals surface area contributed by atoms with Gasteiger partial charge in [0.1, 0.15) is 12.2 Å². The number of carbonyl (C=O) groups excluding carboxylic acids is 1. The molecule has 0 aromatic carbocycles. The molecule has 1 aliphatic heterocycles. The van der Waals surface area contributed by atoms with E-state index in [0.717, 1.165) is 13.0 Å². The van der Waals surface area contributed by atoms with E-state index in [2.05, 4.69) is 10.2 Å². The summed E-state index contributed by atoms with van der Waals surface area (Å²) in [7, 11) is 3.98. The molecule has 1 rings (SSSR count). The fraction of sp³-hybridized carbons (Fsp3) is 0.833. The number of hydrogen-bond donors (Lipinski definition) is 2. The number of hydrogen-bond acceptors (Lipinski definition) is 4. The van der Waals surface area contributed by atoms with Crippen LogP contribution in [0.25, 0.3) is 0 Å². The molecule has 110 valence electrons. The Morgan fingerprint density at radius 3 is 2.58 bits per heavy atom. The summed E-state index contributed by atoms with van der Waals surface area (Å²) in [5.74, 6) is -0.993. The van der Waals surface area contributed by atoms with Crippen molar-refractivity contribution in [3.8, 4) is 0 Å². The third-order valence-electron chi connectivity index (χ3n) is 2.94. The molecule has 0 saturated carbocycles. The molecule has 2 amide bonds. The van der Waals surface area contributed by atoms with Crippen LogP contribution in [-0.4, -0.2) is 79.4 Å². The lowest BCUT2D eigenvalue weighted by molar-refractivity contribution is -0.159. The average Bonchev–Trinajstić information content (AvgIpc) is 2.28. The van der Waals surface area contributed by atoms with E-state index < -0.39 is 11.6 Å². The van der Waals surface area contributed by atoms with E-state index in [1.807, 2.05) is 21.0 Å². The summed E-state index contributed by atoms with van der Waals surface area (Å²) in [6, 6.07) is -0.116. The van der Waals surface area contributed by atoms with Crippen LogP contribution in [0, 0.1) is 0 Å². The van der Waals surface area contributed by atoms with Gasteiger partial charge in [0.15, 0.2) is 0 Å². The first-order valence-corrected chi connectivity index (χ1v) is 6.36. The molecular formula is C12H23N3O4. The Kier molecular flexibility index (Phi) is 5.56. The van der Waals surface area contributed by atoms with Gasteiger partial charge in [0.2, 0.25) is 0 Å². The quantitative estimate of drug-likeness (QED) is 0.629. The largest absolute Gasteiger partial charge is 0.480 e. The van der Waals surface area contributed by atoms with Gasteiger partial charge in [0, 0.05) is 6.54 Å². The molecule has 0 aliphatic carbocycles. The van der Waals surface area contributed by atoms with Gasteiger partial charge in [-0.15, -0.1) is 0 Å². The van der Waals surface area contributed by atoms with Crippen LogP contribution in [0.2, 0.25) is 0 Å². The van der Waals surface area contributed by atoms with Gasteiger partial charge < -0.3 is 25.0 Å². The SMILES string of the molecule is CN(C)CCCNC(=O)N1CC(C)(OCC(=O)O)C1. The first-order chi connectivity index (χ1) is 8.82. The van der Waals surface area contributed by atoms with Crippen molar-refractivity contribution in [2.45, 2.75) is 18.9 Å². The van der Waals surface area contributed by atoms with Crippen molar-refractivity contribution in [3.05, 3.63) is 0 Å². The third kappa shape index (κ3) is 5.44. The maximum atomic E-state index is 11.7. The van der Waals surface area contributed by atoms with Gasteiger partial charge in [-0.3, -0.25) is 0 Å². The number of nitrogens with one attached hydrogen (secondary N) is 1. The van der Waals surface area contributed by atoms with E-state index >= 15 is 0 Å². The normalized spacial score (nSPS) is 17.2. The first-order valence-electron chi connectivity index (χ1n) is 6.36. The Morgan fingerprint density at radius 2 is 2.05 bits per heavy atom. The minimum atomic E-state index is -0.993. The molecule has 1 aliphatic rings. The maximum absolute atomic E-state index is 11.7. The highest BCUT2D eigenvalue weighted by atomic mass is 16.5. The second kappa shape index (κ2) is 6.72. The molecule has 19 heavy (non-hydrogen) atoms. The molecule has 0 radical (unpaired) electrons. The minimum Gasteiger partial charge on any atom is -0.480 e. The molecular weight excluding hydrogens is 250 g/mol. The highest BCUT2D eigenvalue weighted by Gasteiger charge is 2.42. The average molecular weight is 273 g/mol. The number of likely N-dealkylation sites (tertiary alicyclic amines) is 1. The van der Waals surface area contributed by atoms with Crippen molar-refractivity contribution in [3.63, 3.8) is 0 Å². The van der Waals surface area contributed by atoms with Crippen molar-refractivity contribution >= 4 is 12.0 Å². The molecule has 0 unspecified atom stereocenters. The molecule has 0 atom stereocenters. The summed E-state index contributed by atoms with van der Waals surface area (Å²) >= 11 is 0. The fourth-order valence-electron chi connectivity index (χ4n) is 1.93. The van der Waals surface area contributed by atoms with Crippen LogP contribution < -0.4 is 5.32 Å². The zero-order chi connectivity index (χ0) is 14.5. The van der Waals surface area contributed by atoms with Crippen LogP contribution in [0.15, 0.2) is 0 Å². The van der Waals surface area contributed by atoms with Crippen molar-refractivity contribution in [1.29, 1.82) is 0 Å². The van der Waals surface area contributed by atoms with Gasteiger partial charge in [0.25, 0.3) is 0 Å². The summed E-state index contributed by atoms with van der Waals surface area (Å²) < 4.78 is 5.24. The monoisotopic (exact) mass is 273 g/mol. The van der Waals surface area contributed by atoms with Crippen LogP contribution in [0.1, 0.15) is 13.3 Å². The number of rotatable bonds is 7. The second-order valence-electron chi connectivity index (χ2n) is 5.38. The van der Waals surface area contributed by atoms with Gasteiger partial charge in [-0.05, 0) is 34.0 Å². The number of ether oxygens (including phenoxy) is 1. The predicted molar refractivity (Wildman–Crippen MR) is 70.1 cm³/mol. The van der Waals surface area contributed by atoms with Crippen LogP contribution in [-0.2, 0) is 9.53 Å². The van der Waals surface area contributed by atoms with Crippen LogP contribution >= 0.6 is 0 Å².